The molecule has 122 valence electrons. The Morgan fingerprint density at radius 1 is 1.25 bits per heavy atom. The number of fused-ring (bicyclic) bond motifs is 1. The number of pyridine rings is 1. The topological polar surface area (TPSA) is 60.7 Å². The third-order valence-electron chi connectivity index (χ3n) is 3.35. The van der Waals surface area contributed by atoms with Gasteiger partial charge in [-0.1, -0.05) is 29.8 Å². The molecule has 0 saturated carbocycles. The fraction of sp³-hybridized carbons (Fsp3) is 0.118. The number of ether oxygens (including phenoxy) is 1. The van der Waals surface area contributed by atoms with E-state index in [0.717, 1.165) is 0 Å². The van der Waals surface area contributed by atoms with E-state index in [1.807, 2.05) is 0 Å². The van der Waals surface area contributed by atoms with E-state index in [1.54, 1.807) is 24.3 Å². The molecule has 24 heavy (non-hydrogen) atoms. The van der Waals surface area contributed by atoms with Crippen LogP contribution in [0.2, 0.25) is 5.02 Å². The van der Waals surface area contributed by atoms with Gasteiger partial charge in [0, 0.05) is 12.3 Å². The number of rotatable bonds is 4. The first-order valence-electron chi connectivity index (χ1n) is 7.10. The standard InChI is InChI=1S/C17H12ClFN2O3/c18-12-5-6-15-20-13(8-16(22)21(15)9-12)10-24-17(23)7-11-3-1-2-4-14(11)19/h1-6,8-9H,7,10H2. The number of esters is 1. The van der Waals surface area contributed by atoms with E-state index in [2.05, 4.69) is 4.98 Å². The van der Waals surface area contributed by atoms with Gasteiger partial charge in [0.15, 0.2) is 0 Å². The number of aromatic nitrogens is 2. The summed E-state index contributed by atoms with van der Waals surface area (Å²) in [5.41, 5.74) is 0.627. The lowest BCUT2D eigenvalue weighted by molar-refractivity contribution is -0.144. The third-order valence-corrected chi connectivity index (χ3v) is 3.57. The molecule has 0 amide bonds. The van der Waals surface area contributed by atoms with Gasteiger partial charge in [-0.2, -0.15) is 0 Å². The van der Waals surface area contributed by atoms with Crippen LogP contribution >= 0.6 is 11.6 Å². The van der Waals surface area contributed by atoms with E-state index in [9.17, 15) is 14.0 Å². The molecule has 3 aromatic rings. The Morgan fingerprint density at radius 3 is 2.83 bits per heavy atom. The van der Waals surface area contributed by atoms with Gasteiger partial charge in [0.25, 0.3) is 5.56 Å². The molecular weight excluding hydrogens is 335 g/mol. The SMILES string of the molecule is O=C(Cc1ccccc1F)OCc1cc(=O)n2cc(Cl)ccc2n1. The third kappa shape index (κ3) is 3.60. The molecule has 2 aromatic heterocycles. The van der Waals surface area contributed by atoms with Crippen molar-refractivity contribution in [1.82, 2.24) is 9.38 Å². The van der Waals surface area contributed by atoms with Crippen molar-refractivity contribution in [1.29, 1.82) is 0 Å². The van der Waals surface area contributed by atoms with Gasteiger partial charge >= 0.3 is 5.97 Å². The van der Waals surface area contributed by atoms with Gasteiger partial charge in [-0.15, -0.1) is 0 Å². The number of nitrogens with zero attached hydrogens (tertiary/aromatic N) is 2. The van der Waals surface area contributed by atoms with Crippen LogP contribution < -0.4 is 5.56 Å². The molecular formula is C17H12ClFN2O3. The van der Waals surface area contributed by atoms with Crippen LogP contribution in [-0.4, -0.2) is 15.4 Å². The normalized spacial score (nSPS) is 10.8. The number of carbonyl (C=O) groups is 1. The van der Waals surface area contributed by atoms with Gasteiger partial charge in [-0.05, 0) is 23.8 Å². The molecule has 2 heterocycles. The highest BCUT2D eigenvalue weighted by molar-refractivity contribution is 6.30. The predicted octanol–water partition coefficient (Wildman–Crippen LogP) is 2.77. The van der Waals surface area contributed by atoms with E-state index >= 15 is 0 Å². The first-order chi connectivity index (χ1) is 11.5. The summed E-state index contributed by atoms with van der Waals surface area (Å²) in [7, 11) is 0. The zero-order valence-corrected chi connectivity index (χ0v) is 13.2. The summed E-state index contributed by atoms with van der Waals surface area (Å²) in [4.78, 5) is 28.0. The van der Waals surface area contributed by atoms with Gasteiger partial charge in [0.2, 0.25) is 0 Å². The van der Waals surface area contributed by atoms with E-state index < -0.39 is 11.8 Å². The minimum atomic E-state index is -0.599. The van der Waals surface area contributed by atoms with Crippen molar-refractivity contribution in [3.05, 3.63) is 81.1 Å². The largest absolute Gasteiger partial charge is 0.459 e. The Morgan fingerprint density at radius 2 is 2.04 bits per heavy atom. The van der Waals surface area contributed by atoms with Crippen LogP contribution in [-0.2, 0) is 22.6 Å². The lowest BCUT2D eigenvalue weighted by Gasteiger charge is -2.07. The Labute approximate surface area is 141 Å². The Balaban J connectivity index is 1.71. The molecule has 0 N–H and O–H groups in total. The number of benzene rings is 1. The predicted molar refractivity (Wildman–Crippen MR) is 86.4 cm³/mol. The molecule has 0 aliphatic rings. The van der Waals surface area contributed by atoms with Crippen molar-refractivity contribution in [3.8, 4) is 0 Å². The second kappa shape index (κ2) is 6.80. The second-order valence-electron chi connectivity index (χ2n) is 5.09. The van der Waals surface area contributed by atoms with E-state index in [4.69, 9.17) is 16.3 Å². The van der Waals surface area contributed by atoms with Crippen LogP contribution in [0.4, 0.5) is 4.39 Å². The molecule has 0 aliphatic carbocycles. The molecule has 0 aliphatic heterocycles. The molecule has 0 bridgehead atoms. The average molecular weight is 347 g/mol. The highest BCUT2D eigenvalue weighted by Gasteiger charge is 2.10. The maximum atomic E-state index is 13.5. The van der Waals surface area contributed by atoms with Crippen LogP contribution in [0.15, 0.2) is 53.5 Å². The molecule has 0 spiro atoms. The van der Waals surface area contributed by atoms with E-state index in [0.29, 0.717) is 16.4 Å². The maximum absolute atomic E-state index is 13.5. The Bertz CT molecular complexity index is 971. The highest BCUT2D eigenvalue weighted by Crippen LogP contribution is 2.10. The van der Waals surface area contributed by atoms with Crippen LogP contribution in [0, 0.1) is 5.82 Å². The van der Waals surface area contributed by atoms with Gasteiger partial charge in [-0.25, -0.2) is 9.37 Å². The summed E-state index contributed by atoms with van der Waals surface area (Å²) in [6.07, 6.45) is 1.27. The van der Waals surface area contributed by atoms with Crippen LogP contribution in [0.25, 0.3) is 5.65 Å². The molecule has 0 unspecified atom stereocenters. The zero-order chi connectivity index (χ0) is 17.1. The Hall–Kier alpha value is -2.73. The van der Waals surface area contributed by atoms with Crippen molar-refractivity contribution in [2.75, 3.05) is 0 Å². The smallest absolute Gasteiger partial charge is 0.310 e. The molecule has 0 radical (unpaired) electrons. The van der Waals surface area contributed by atoms with Crippen molar-refractivity contribution in [2.24, 2.45) is 0 Å². The van der Waals surface area contributed by atoms with Gasteiger partial charge in [-0.3, -0.25) is 14.0 Å². The second-order valence-corrected chi connectivity index (χ2v) is 5.53. The summed E-state index contributed by atoms with van der Waals surface area (Å²) in [6, 6.07) is 10.4. The number of hydrogen-bond acceptors (Lipinski definition) is 4. The fourth-order valence-electron chi connectivity index (χ4n) is 2.20. The van der Waals surface area contributed by atoms with Crippen molar-refractivity contribution in [3.63, 3.8) is 0 Å². The lowest BCUT2D eigenvalue weighted by Crippen LogP contribution is -2.17. The molecule has 5 nitrogen and oxygen atoms in total. The van der Waals surface area contributed by atoms with Gasteiger partial charge < -0.3 is 4.74 Å². The minimum absolute atomic E-state index is 0.165. The Kier molecular flexibility index (Phi) is 4.57. The molecule has 1 aromatic carbocycles. The summed E-state index contributed by atoms with van der Waals surface area (Å²) >= 11 is 5.84. The lowest BCUT2D eigenvalue weighted by atomic mass is 10.1. The maximum Gasteiger partial charge on any atom is 0.310 e. The minimum Gasteiger partial charge on any atom is -0.459 e. The van der Waals surface area contributed by atoms with E-state index in [1.165, 1.54) is 28.8 Å². The molecule has 3 rings (SSSR count). The number of hydrogen-bond donors (Lipinski definition) is 0. The quantitative estimate of drug-likeness (QED) is 0.682. The van der Waals surface area contributed by atoms with Crippen LogP contribution in [0.3, 0.4) is 0 Å². The highest BCUT2D eigenvalue weighted by atomic mass is 35.5. The molecule has 0 fully saturated rings. The average Bonchev–Trinajstić information content (AvgIpc) is 2.56. The summed E-state index contributed by atoms with van der Waals surface area (Å²) in [5, 5.41) is 0.412. The van der Waals surface area contributed by atoms with Crippen molar-refractivity contribution < 1.29 is 13.9 Å². The van der Waals surface area contributed by atoms with Crippen LogP contribution in [0.5, 0.6) is 0 Å². The van der Waals surface area contributed by atoms with Gasteiger partial charge in [0.05, 0.1) is 17.1 Å². The molecule has 0 saturated heterocycles. The molecule has 0 atom stereocenters. The first kappa shape index (κ1) is 16.1. The zero-order valence-electron chi connectivity index (χ0n) is 12.4. The number of halogens is 2. The van der Waals surface area contributed by atoms with E-state index in [-0.39, 0.29) is 24.2 Å². The monoisotopic (exact) mass is 346 g/mol. The molecule has 7 heteroatoms. The summed E-state index contributed by atoms with van der Waals surface area (Å²) in [6.45, 7) is -0.165. The van der Waals surface area contributed by atoms with Crippen LogP contribution in [0.1, 0.15) is 11.3 Å². The number of carbonyl (C=O) groups excluding carboxylic acids is 1. The summed E-state index contributed by atoms with van der Waals surface area (Å²) in [5.74, 6) is -1.06. The first-order valence-corrected chi connectivity index (χ1v) is 7.47. The van der Waals surface area contributed by atoms with Crippen molar-refractivity contribution >= 4 is 23.2 Å². The fourth-order valence-corrected chi connectivity index (χ4v) is 2.36. The van der Waals surface area contributed by atoms with Crippen molar-refractivity contribution in [2.45, 2.75) is 13.0 Å². The summed E-state index contributed by atoms with van der Waals surface area (Å²) < 4.78 is 19.9. The van der Waals surface area contributed by atoms with Gasteiger partial charge in [0.1, 0.15) is 18.1 Å².